The van der Waals surface area contributed by atoms with Gasteiger partial charge in [-0.3, -0.25) is 14.0 Å². The third-order valence-corrected chi connectivity index (χ3v) is 4.92. The molecule has 0 fully saturated rings. The van der Waals surface area contributed by atoms with Crippen LogP contribution in [0.1, 0.15) is 10.4 Å². The van der Waals surface area contributed by atoms with E-state index in [1.165, 1.54) is 0 Å². The summed E-state index contributed by atoms with van der Waals surface area (Å²) in [5, 5.41) is 14.4. The van der Waals surface area contributed by atoms with Crippen LogP contribution in [0.2, 0.25) is 0 Å². The van der Waals surface area contributed by atoms with Crippen molar-refractivity contribution in [3.63, 3.8) is 0 Å². The van der Waals surface area contributed by atoms with Crippen molar-refractivity contribution in [2.24, 2.45) is 0 Å². The second-order valence-corrected chi connectivity index (χ2v) is 6.43. The number of carbonyl (C=O) groups is 1. The van der Waals surface area contributed by atoms with Crippen LogP contribution in [0.4, 0.5) is 0 Å². The Bertz CT molecular complexity index is 1400. The number of imidazole rings is 1. The van der Waals surface area contributed by atoms with E-state index in [0.717, 1.165) is 21.8 Å². The van der Waals surface area contributed by atoms with Crippen molar-refractivity contribution in [2.75, 3.05) is 13.2 Å². The number of amides is 1. The van der Waals surface area contributed by atoms with Crippen LogP contribution in [-0.2, 0) is 0 Å². The van der Waals surface area contributed by atoms with Crippen molar-refractivity contribution in [2.45, 2.75) is 0 Å². The van der Waals surface area contributed by atoms with Crippen LogP contribution in [0.5, 0.6) is 0 Å². The molecule has 2 heterocycles. The van der Waals surface area contributed by atoms with Crippen LogP contribution in [0.25, 0.3) is 38.2 Å². The van der Waals surface area contributed by atoms with Crippen LogP contribution < -0.4 is 10.9 Å². The van der Waals surface area contributed by atoms with Crippen LogP contribution in [-0.4, -0.2) is 33.6 Å². The maximum Gasteiger partial charge on any atom is 0.264 e. The van der Waals surface area contributed by atoms with E-state index in [2.05, 4.69) is 10.3 Å². The van der Waals surface area contributed by atoms with Gasteiger partial charge >= 0.3 is 0 Å². The SMILES string of the molecule is O=C(NCCO)c1ccc2c3c1cccc3c(=O)n1c3ccccc3nc21. The number of benzene rings is 3. The third-order valence-electron chi connectivity index (χ3n) is 4.92. The van der Waals surface area contributed by atoms with Crippen molar-refractivity contribution in [3.8, 4) is 0 Å². The molecule has 2 N–H and O–H groups in total. The molecule has 6 nitrogen and oxygen atoms in total. The van der Waals surface area contributed by atoms with E-state index in [9.17, 15) is 9.59 Å². The lowest BCUT2D eigenvalue weighted by Gasteiger charge is -2.11. The number of hydrogen-bond acceptors (Lipinski definition) is 4. The molecule has 6 heteroatoms. The number of pyridine rings is 1. The monoisotopic (exact) mass is 357 g/mol. The van der Waals surface area contributed by atoms with Gasteiger partial charge < -0.3 is 10.4 Å². The van der Waals surface area contributed by atoms with Crippen molar-refractivity contribution in [1.29, 1.82) is 0 Å². The summed E-state index contributed by atoms with van der Waals surface area (Å²) in [6.07, 6.45) is 0. The Kier molecular flexibility index (Phi) is 3.35. The lowest BCUT2D eigenvalue weighted by molar-refractivity contribution is 0.0946. The second kappa shape index (κ2) is 5.75. The molecule has 0 bridgehead atoms. The number of carbonyl (C=O) groups excluding carboxylic acids is 1. The van der Waals surface area contributed by atoms with Gasteiger partial charge in [0, 0.05) is 28.3 Å². The summed E-state index contributed by atoms with van der Waals surface area (Å²) in [5.74, 6) is -0.278. The minimum Gasteiger partial charge on any atom is -0.395 e. The molecule has 0 aliphatic heterocycles. The number of rotatable bonds is 3. The molecule has 0 saturated heterocycles. The minimum absolute atomic E-state index is 0.129. The summed E-state index contributed by atoms with van der Waals surface area (Å²) in [5.41, 5.74) is 2.44. The average Bonchev–Trinajstić information content (AvgIpc) is 3.09. The van der Waals surface area contributed by atoms with Gasteiger partial charge in [0.1, 0.15) is 5.65 Å². The Morgan fingerprint density at radius 1 is 1.00 bits per heavy atom. The van der Waals surface area contributed by atoms with E-state index in [0.29, 0.717) is 22.0 Å². The highest BCUT2D eigenvalue weighted by molar-refractivity contribution is 6.21. The Balaban J connectivity index is 1.94. The van der Waals surface area contributed by atoms with Gasteiger partial charge in [0.05, 0.1) is 17.6 Å². The van der Waals surface area contributed by atoms with Gasteiger partial charge in [0.2, 0.25) is 0 Å². The molecule has 1 amide bonds. The smallest absolute Gasteiger partial charge is 0.264 e. The normalized spacial score (nSPS) is 11.7. The number of aromatic nitrogens is 2. The molecule has 0 spiro atoms. The van der Waals surface area contributed by atoms with Gasteiger partial charge in [-0.2, -0.15) is 0 Å². The third kappa shape index (κ3) is 2.14. The molecule has 5 aromatic rings. The highest BCUT2D eigenvalue weighted by Gasteiger charge is 2.19. The van der Waals surface area contributed by atoms with Crippen molar-refractivity contribution in [3.05, 3.63) is 70.5 Å². The van der Waals surface area contributed by atoms with E-state index < -0.39 is 0 Å². The summed E-state index contributed by atoms with van der Waals surface area (Å²) in [7, 11) is 0. The predicted molar refractivity (Wildman–Crippen MR) is 105 cm³/mol. The fraction of sp³-hybridized carbons (Fsp3) is 0.0952. The van der Waals surface area contributed by atoms with Crippen LogP contribution in [0.3, 0.4) is 0 Å². The average molecular weight is 357 g/mol. The van der Waals surface area contributed by atoms with Gasteiger partial charge in [-0.05, 0) is 35.7 Å². The number of para-hydroxylation sites is 2. The van der Waals surface area contributed by atoms with E-state index in [-0.39, 0.29) is 24.6 Å². The number of aliphatic hydroxyl groups excluding tert-OH is 1. The van der Waals surface area contributed by atoms with Gasteiger partial charge in [-0.15, -0.1) is 0 Å². The molecule has 0 aliphatic rings. The molecule has 3 aromatic carbocycles. The molecule has 0 aliphatic carbocycles. The van der Waals surface area contributed by atoms with Gasteiger partial charge in [-0.1, -0.05) is 24.3 Å². The van der Waals surface area contributed by atoms with Crippen molar-refractivity contribution >= 4 is 44.1 Å². The van der Waals surface area contributed by atoms with E-state index >= 15 is 0 Å². The topological polar surface area (TPSA) is 83.7 Å². The number of fused-ring (bicyclic) bond motifs is 4. The molecule has 2 aromatic heterocycles. The maximum atomic E-state index is 13.2. The molecule has 0 saturated carbocycles. The predicted octanol–water partition coefficient (Wildman–Crippen LogP) is 2.31. The number of nitrogens with one attached hydrogen (secondary N) is 1. The molecule has 0 atom stereocenters. The Morgan fingerprint density at radius 2 is 1.81 bits per heavy atom. The second-order valence-electron chi connectivity index (χ2n) is 6.43. The number of aliphatic hydroxyl groups is 1. The molecule has 0 unspecified atom stereocenters. The minimum atomic E-state index is -0.278. The molecule has 132 valence electrons. The Labute approximate surface area is 153 Å². The highest BCUT2D eigenvalue weighted by atomic mass is 16.3. The van der Waals surface area contributed by atoms with E-state index in [1.54, 1.807) is 22.6 Å². The maximum absolute atomic E-state index is 13.2. The van der Waals surface area contributed by atoms with Gasteiger partial charge in [0.25, 0.3) is 11.5 Å². The molecule has 5 rings (SSSR count). The largest absolute Gasteiger partial charge is 0.395 e. The molecule has 27 heavy (non-hydrogen) atoms. The van der Waals surface area contributed by atoms with Crippen LogP contribution in [0, 0.1) is 0 Å². The number of nitrogens with zero attached hydrogens (tertiary/aromatic N) is 2. The zero-order chi connectivity index (χ0) is 18.5. The first-order valence-electron chi connectivity index (χ1n) is 8.68. The first-order valence-corrected chi connectivity index (χ1v) is 8.68. The molecular weight excluding hydrogens is 342 g/mol. The quantitative estimate of drug-likeness (QED) is 0.519. The summed E-state index contributed by atoms with van der Waals surface area (Å²) in [6.45, 7) is 0.0476. The Hall–Kier alpha value is -3.51. The summed E-state index contributed by atoms with van der Waals surface area (Å²) in [4.78, 5) is 30.4. The summed E-state index contributed by atoms with van der Waals surface area (Å²) in [6, 6.07) is 16.5. The fourth-order valence-corrected chi connectivity index (χ4v) is 3.77. The molecule has 0 radical (unpaired) electrons. The molecular formula is C21H15N3O3. The summed E-state index contributed by atoms with van der Waals surface area (Å²) < 4.78 is 1.64. The lowest BCUT2D eigenvalue weighted by Crippen LogP contribution is -2.26. The lowest BCUT2D eigenvalue weighted by atomic mass is 9.97. The zero-order valence-corrected chi connectivity index (χ0v) is 14.3. The summed E-state index contributed by atoms with van der Waals surface area (Å²) >= 11 is 0. The van der Waals surface area contributed by atoms with Crippen LogP contribution >= 0.6 is 0 Å². The van der Waals surface area contributed by atoms with Crippen molar-refractivity contribution in [1.82, 2.24) is 14.7 Å². The zero-order valence-electron chi connectivity index (χ0n) is 14.3. The highest BCUT2D eigenvalue weighted by Crippen LogP contribution is 2.31. The first kappa shape index (κ1) is 15.7. The number of hydrogen-bond donors (Lipinski definition) is 2. The fourth-order valence-electron chi connectivity index (χ4n) is 3.77. The standard InChI is InChI=1S/C21H15N3O3/c25-11-10-22-20(26)13-8-9-14-18-12(13)4-3-5-15(18)21(27)24-17-7-2-1-6-16(17)23-19(14)24/h1-9,25H,10-11H2,(H,22,26). The van der Waals surface area contributed by atoms with Gasteiger partial charge in [0.15, 0.2) is 0 Å². The first-order chi connectivity index (χ1) is 13.2. The van der Waals surface area contributed by atoms with Crippen LogP contribution in [0.15, 0.2) is 59.4 Å². The van der Waals surface area contributed by atoms with Crippen molar-refractivity contribution < 1.29 is 9.90 Å². The van der Waals surface area contributed by atoms with Gasteiger partial charge in [-0.25, -0.2) is 4.98 Å². The van der Waals surface area contributed by atoms with E-state index in [4.69, 9.17) is 5.11 Å². The van der Waals surface area contributed by atoms with E-state index in [1.807, 2.05) is 36.4 Å². The Morgan fingerprint density at radius 3 is 2.67 bits per heavy atom.